The summed E-state index contributed by atoms with van der Waals surface area (Å²) in [5.74, 6) is 0.207. The Bertz CT molecular complexity index is 735. The molecule has 0 aromatic heterocycles. The number of rotatable bonds is 16. The van der Waals surface area contributed by atoms with Crippen LogP contribution in [0.25, 0.3) is 0 Å². The summed E-state index contributed by atoms with van der Waals surface area (Å²) < 4.78 is 0. The molecule has 1 N–H and O–H groups in total. The molecule has 0 amide bonds. The Labute approximate surface area is 198 Å². The first kappa shape index (κ1) is 30.1. The van der Waals surface area contributed by atoms with Gasteiger partial charge in [0.2, 0.25) is 0 Å². The number of carbonyl (C=O) groups is 1. The molecule has 0 fully saturated rings. The minimum absolute atomic E-state index is 0.125. The summed E-state index contributed by atoms with van der Waals surface area (Å²) in [5.41, 5.74) is 7.76. The molecule has 180 valence electrons. The van der Waals surface area contributed by atoms with Crippen LogP contribution in [0.2, 0.25) is 0 Å². The second-order valence-electron chi connectivity index (χ2n) is 9.45. The SMILES string of the molecule is CC(C)=CCCC(C)=CCCC(C)=CC(=O)CC(C)=CCC/C(C)=C\CC/C(C)=C/CO. The van der Waals surface area contributed by atoms with Crippen LogP contribution in [-0.4, -0.2) is 17.5 Å². The molecule has 0 heterocycles. The van der Waals surface area contributed by atoms with Crippen LogP contribution in [-0.2, 0) is 4.79 Å². The van der Waals surface area contributed by atoms with Gasteiger partial charge in [-0.1, -0.05) is 63.8 Å². The van der Waals surface area contributed by atoms with Crippen LogP contribution >= 0.6 is 0 Å². The molecule has 32 heavy (non-hydrogen) atoms. The van der Waals surface area contributed by atoms with E-state index in [9.17, 15) is 4.79 Å². The second-order valence-corrected chi connectivity index (χ2v) is 9.45. The van der Waals surface area contributed by atoms with Crippen LogP contribution in [0.15, 0.2) is 69.9 Å². The Balaban J connectivity index is 4.31. The maximum atomic E-state index is 12.3. The van der Waals surface area contributed by atoms with Gasteiger partial charge in [-0.3, -0.25) is 4.79 Å². The first-order chi connectivity index (χ1) is 15.1. The second kappa shape index (κ2) is 18.6. The number of carbonyl (C=O) groups excluding carboxylic acids is 1. The van der Waals surface area contributed by atoms with E-state index in [1.54, 1.807) is 0 Å². The van der Waals surface area contributed by atoms with Gasteiger partial charge in [-0.25, -0.2) is 0 Å². The van der Waals surface area contributed by atoms with Crippen molar-refractivity contribution in [3.05, 3.63) is 69.9 Å². The molecular formula is C30H48O2. The van der Waals surface area contributed by atoms with E-state index in [-0.39, 0.29) is 12.4 Å². The zero-order valence-corrected chi connectivity index (χ0v) is 21.9. The highest BCUT2D eigenvalue weighted by Crippen LogP contribution is 2.14. The zero-order chi connectivity index (χ0) is 24.4. The molecule has 0 aromatic rings. The molecule has 0 unspecified atom stereocenters. The largest absolute Gasteiger partial charge is 0.392 e. The summed E-state index contributed by atoms with van der Waals surface area (Å²) in [4.78, 5) is 12.3. The molecule has 0 spiro atoms. The average Bonchev–Trinajstić information content (AvgIpc) is 2.67. The number of aliphatic hydroxyl groups is 1. The average molecular weight is 441 g/mol. The van der Waals surface area contributed by atoms with Crippen molar-refractivity contribution in [3.8, 4) is 0 Å². The quantitative estimate of drug-likeness (QED) is 0.192. The van der Waals surface area contributed by atoms with E-state index in [1.165, 1.54) is 27.9 Å². The Morgan fingerprint density at radius 1 is 0.562 bits per heavy atom. The Morgan fingerprint density at radius 2 is 0.969 bits per heavy atom. The lowest BCUT2D eigenvalue weighted by molar-refractivity contribution is -0.114. The maximum Gasteiger partial charge on any atom is 0.159 e. The van der Waals surface area contributed by atoms with Gasteiger partial charge < -0.3 is 5.11 Å². The van der Waals surface area contributed by atoms with E-state index in [1.807, 2.05) is 12.2 Å². The highest BCUT2D eigenvalue weighted by Gasteiger charge is 2.01. The normalized spacial score (nSPS) is 14.1. The van der Waals surface area contributed by atoms with Gasteiger partial charge in [-0.15, -0.1) is 0 Å². The van der Waals surface area contributed by atoms with Gasteiger partial charge in [0.25, 0.3) is 0 Å². The monoisotopic (exact) mass is 440 g/mol. The summed E-state index contributed by atoms with van der Waals surface area (Å²) in [7, 11) is 0. The van der Waals surface area contributed by atoms with E-state index in [4.69, 9.17) is 5.11 Å². The minimum Gasteiger partial charge on any atom is -0.392 e. The molecule has 0 atom stereocenters. The van der Waals surface area contributed by atoms with Crippen LogP contribution in [0.5, 0.6) is 0 Å². The smallest absolute Gasteiger partial charge is 0.159 e. The van der Waals surface area contributed by atoms with Crippen molar-refractivity contribution < 1.29 is 9.90 Å². The summed E-state index contributed by atoms with van der Waals surface area (Å²) in [6.45, 7) is 15.0. The van der Waals surface area contributed by atoms with Crippen LogP contribution in [0.4, 0.5) is 0 Å². The van der Waals surface area contributed by atoms with Gasteiger partial charge in [0, 0.05) is 6.42 Å². The van der Waals surface area contributed by atoms with Crippen LogP contribution < -0.4 is 0 Å². The molecule has 2 nitrogen and oxygen atoms in total. The topological polar surface area (TPSA) is 37.3 Å². The third-order valence-electron chi connectivity index (χ3n) is 5.49. The van der Waals surface area contributed by atoms with Crippen molar-refractivity contribution in [2.45, 2.75) is 106 Å². The van der Waals surface area contributed by atoms with Crippen LogP contribution in [0.1, 0.15) is 106 Å². The third-order valence-corrected chi connectivity index (χ3v) is 5.49. The molecule has 0 aliphatic carbocycles. The van der Waals surface area contributed by atoms with Crippen molar-refractivity contribution >= 4 is 5.78 Å². The minimum atomic E-state index is 0.125. The lowest BCUT2D eigenvalue weighted by Crippen LogP contribution is -1.95. The number of ketones is 1. The van der Waals surface area contributed by atoms with Crippen molar-refractivity contribution in [1.82, 2.24) is 0 Å². The van der Waals surface area contributed by atoms with Crippen molar-refractivity contribution in [1.29, 1.82) is 0 Å². The van der Waals surface area contributed by atoms with Gasteiger partial charge >= 0.3 is 0 Å². The Hall–Kier alpha value is -1.93. The van der Waals surface area contributed by atoms with Gasteiger partial charge in [0.05, 0.1) is 6.61 Å². The number of aliphatic hydroxyl groups excluding tert-OH is 1. The van der Waals surface area contributed by atoms with Gasteiger partial charge in [0.1, 0.15) is 0 Å². The van der Waals surface area contributed by atoms with E-state index in [0.29, 0.717) is 6.42 Å². The van der Waals surface area contributed by atoms with Crippen molar-refractivity contribution in [2.75, 3.05) is 6.61 Å². The zero-order valence-electron chi connectivity index (χ0n) is 21.9. The highest BCUT2D eigenvalue weighted by atomic mass is 16.2. The lowest BCUT2D eigenvalue weighted by atomic mass is 10.0. The maximum absolute atomic E-state index is 12.3. The van der Waals surface area contributed by atoms with E-state index in [0.717, 1.165) is 56.9 Å². The molecule has 0 rings (SSSR count). The molecule has 0 bridgehead atoms. The van der Waals surface area contributed by atoms with Gasteiger partial charge in [-0.05, 0) is 106 Å². The number of hydrogen-bond acceptors (Lipinski definition) is 2. The van der Waals surface area contributed by atoms with Crippen LogP contribution in [0.3, 0.4) is 0 Å². The Morgan fingerprint density at radius 3 is 1.44 bits per heavy atom. The predicted octanol–water partition coefficient (Wildman–Crippen LogP) is 8.76. The van der Waals surface area contributed by atoms with Gasteiger partial charge in [-0.2, -0.15) is 0 Å². The molecule has 0 saturated carbocycles. The molecule has 0 aromatic carbocycles. The molecule has 0 aliphatic rings. The standard InChI is InChI=1S/C30H48O2/c1-24(2)12-8-13-25(3)15-10-18-28(6)22-30(32)23-29(7)19-11-16-26(4)14-9-17-27(5)20-21-31/h12,14-15,19-20,22,31H,8-11,13,16-18,21,23H2,1-7H3/b25-15?,26-14-,27-20+,28-22?,29-19?. The van der Waals surface area contributed by atoms with E-state index < -0.39 is 0 Å². The molecule has 0 aliphatic heterocycles. The molecule has 0 radical (unpaired) electrons. The summed E-state index contributed by atoms with van der Waals surface area (Å²) in [6.07, 6.45) is 21.5. The van der Waals surface area contributed by atoms with Crippen molar-refractivity contribution in [3.63, 3.8) is 0 Å². The van der Waals surface area contributed by atoms with Crippen LogP contribution in [0, 0.1) is 0 Å². The molecular weight excluding hydrogens is 392 g/mol. The lowest BCUT2D eigenvalue weighted by Gasteiger charge is -2.03. The first-order valence-corrected chi connectivity index (χ1v) is 12.2. The highest BCUT2D eigenvalue weighted by molar-refractivity contribution is 5.91. The van der Waals surface area contributed by atoms with E-state index in [2.05, 4.69) is 72.8 Å². The van der Waals surface area contributed by atoms with E-state index >= 15 is 0 Å². The summed E-state index contributed by atoms with van der Waals surface area (Å²) >= 11 is 0. The summed E-state index contributed by atoms with van der Waals surface area (Å²) in [6, 6.07) is 0. The Kier molecular flexibility index (Phi) is 17.5. The number of hydrogen-bond donors (Lipinski definition) is 1. The number of allylic oxidation sites excluding steroid dienone is 11. The molecule has 2 heteroatoms. The summed E-state index contributed by atoms with van der Waals surface area (Å²) in [5, 5.41) is 8.89. The third kappa shape index (κ3) is 18.8. The fourth-order valence-electron chi connectivity index (χ4n) is 3.43. The van der Waals surface area contributed by atoms with Crippen molar-refractivity contribution in [2.24, 2.45) is 0 Å². The fourth-order valence-corrected chi connectivity index (χ4v) is 3.43. The first-order valence-electron chi connectivity index (χ1n) is 12.2. The fraction of sp³-hybridized carbons (Fsp3) is 0.567. The van der Waals surface area contributed by atoms with Gasteiger partial charge in [0.15, 0.2) is 5.78 Å². The molecule has 0 saturated heterocycles. The predicted molar refractivity (Wildman–Crippen MR) is 142 cm³/mol.